The number of rotatable bonds is 5. The maximum atomic E-state index is 12.6. The van der Waals surface area contributed by atoms with Gasteiger partial charge in [-0.2, -0.15) is 4.31 Å². The van der Waals surface area contributed by atoms with Crippen molar-refractivity contribution in [1.82, 2.24) is 9.62 Å². The zero-order valence-corrected chi connectivity index (χ0v) is 13.5. The molecule has 0 atom stereocenters. The van der Waals surface area contributed by atoms with Crippen LogP contribution in [-0.4, -0.2) is 45.1 Å². The molecule has 1 aromatic rings. The predicted octanol–water partition coefficient (Wildman–Crippen LogP) is 1.60. The first-order valence-electron chi connectivity index (χ1n) is 7.40. The van der Waals surface area contributed by atoms with E-state index in [1.807, 2.05) is 12.1 Å². The van der Waals surface area contributed by atoms with Crippen molar-refractivity contribution in [2.24, 2.45) is 0 Å². The summed E-state index contributed by atoms with van der Waals surface area (Å²) in [5, 5.41) is 3.32. The third kappa shape index (κ3) is 4.51. The van der Waals surface area contributed by atoms with Gasteiger partial charge in [0.15, 0.2) is 0 Å². The molecule has 118 valence electrons. The Bertz CT molecular complexity index is 533. The van der Waals surface area contributed by atoms with Gasteiger partial charge in [-0.1, -0.05) is 26.0 Å². The van der Waals surface area contributed by atoms with E-state index < -0.39 is 10.0 Å². The van der Waals surface area contributed by atoms with Gasteiger partial charge in [-0.3, -0.25) is 0 Å². The third-order valence-electron chi connectivity index (χ3n) is 3.46. The van der Waals surface area contributed by atoms with Crippen LogP contribution in [0.5, 0.6) is 0 Å². The highest BCUT2D eigenvalue weighted by Gasteiger charge is 2.25. The van der Waals surface area contributed by atoms with Crippen molar-refractivity contribution in [2.45, 2.75) is 37.8 Å². The first-order chi connectivity index (χ1) is 10.00. The normalized spacial score (nSPS) is 17.9. The standard InChI is InChI=1S/C15H24N2O3S/c1-13(2)16-12-14-4-6-15(7-5-14)21(18,19)17-8-3-10-20-11-9-17/h4-7,13,16H,3,8-12H2,1-2H3. The number of hydrogen-bond acceptors (Lipinski definition) is 4. The highest BCUT2D eigenvalue weighted by molar-refractivity contribution is 7.89. The molecule has 5 nitrogen and oxygen atoms in total. The van der Waals surface area contributed by atoms with Crippen LogP contribution < -0.4 is 5.32 Å². The maximum absolute atomic E-state index is 12.6. The molecule has 0 amide bonds. The van der Waals surface area contributed by atoms with Crippen molar-refractivity contribution in [3.05, 3.63) is 29.8 Å². The molecule has 2 rings (SSSR count). The Morgan fingerprint density at radius 2 is 1.90 bits per heavy atom. The van der Waals surface area contributed by atoms with Crippen LogP contribution in [0.2, 0.25) is 0 Å². The van der Waals surface area contributed by atoms with Gasteiger partial charge in [-0.15, -0.1) is 0 Å². The number of ether oxygens (including phenoxy) is 1. The van der Waals surface area contributed by atoms with Crippen molar-refractivity contribution in [2.75, 3.05) is 26.3 Å². The van der Waals surface area contributed by atoms with Crippen LogP contribution >= 0.6 is 0 Å². The summed E-state index contributed by atoms with van der Waals surface area (Å²) in [5.41, 5.74) is 1.09. The first-order valence-corrected chi connectivity index (χ1v) is 8.84. The van der Waals surface area contributed by atoms with Gasteiger partial charge >= 0.3 is 0 Å². The lowest BCUT2D eigenvalue weighted by Crippen LogP contribution is -2.33. The monoisotopic (exact) mass is 312 g/mol. The second-order valence-electron chi connectivity index (χ2n) is 5.55. The number of nitrogens with one attached hydrogen (secondary N) is 1. The Balaban J connectivity index is 2.09. The topological polar surface area (TPSA) is 58.6 Å². The molecule has 1 saturated heterocycles. The molecule has 1 N–H and O–H groups in total. The first kappa shape index (κ1) is 16.4. The van der Waals surface area contributed by atoms with Gasteiger partial charge in [0.25, 0.3) is 0 Å². The van der Waals surface area contributed by atoms with Crippen molar-refractivity contribution >= 4 is 10.0 Å². The average Bonchev–Trinajstić information content (AvgIpc) is 2.75. The Labute approximate surface area is 127 Å². The highest BCUT2D eigenvalue weighted by atomic mass is 32.2. The van der Waals surface area contributed by atoms with E-state index in [1.54, 1.807) is 12.1 Å². The third-order valence-corrected chi connectivity index (χ3v) is 5.37. The number of sulfonamides is 1. The molecule has 0 aromatic heterocycles. The fourth-order valence-corrected chi connectivity index (χ4v) is 3.68. The smallest absolute Gasteiger partial charge is 0.243 e. The van der Waals surface area contributed by atoms with Gasteiger partial charge in [0, 0.05) is 32.3 Å². The van der Waals surface area contributed by atoms with Crippen LogP contribution in [0.4, 0.5) is 0 Å². The fraction of sp³-hybridized carbons (Fsp3) is 0.600. The Morgan fingerprint density at radius 3 is 2.57 bits per heavy atom. The maximum Gasteiger partial charge on any atom is 0.243 e. The molecule has 1 heterocycles. The fourth-order valence-electron chi connectivity index (χ4n) is 2.21. The van der Waals surface area contributed by atoms with Crippen LogP contribution in [0.15, 0.2) is 29.2 Å². The van der Waals surface area contributed by atoms with E-state index in [1.165, 1.54) is 4.31 Å². The van der Waals surface area contributed by atoms with E-state index in [4.69, 9.17) is 4.74 Å². The van der Waals surface area contributed by atoms with E-state index >= 15 is 0 Å². The Kier molecular flexibility index (Phi) is 5.75. The lowest BCUT2D eigenvalue weighted by atomic mass is 10.2. The molecule has 1 fully saturated rings. The molecule has 0 radical (unpaired) electrons. The Morgan fingerprint density at radius 1 is 1.19 bits per heavy atom. The molecule has 0 spiro atoms. The molecule has 0 unspecified atom stereocenters. The zero-order valence-electron chi connectivity index (χ0n) is 12.7. The summed E-state index contributed by atoms with van der Waals surface area (Å²) in [7, 11) is -3.40. The second kappa shape index (κ2) is 7.35. The van der Waals surface area contributed by atoms with Crippen molar-refractivity contribution < 1.29 is 13.2 Å². The van der Waals surface area contributed by atoms with Gasteiger partial charge in [-0.05, 0) is 24.1 Å². The summed E-state index contributed by atoms with van der Waals surface area (Å²) in [6.45, 7) is 6.97. The molecule has 0 aliphatic carbocycles. The number of benzene rings is 1. The van der Waals surface area contributed by atoms with E-state index in [0.29, 0.717) is 37.2 Å². The summed E-state index contributed by atoms with van der Waals surface area (Å²) in [5.74, 6) is 0. The molecule has 1 aromatic carbocycles. The summed E-state index contributed by atoms with van der Waals surface area (Å²) in [4.78, 5) is 0.359. The molecule has 0 bridgehead atoms. The minimum Gasteiger partial charge on any atom is -0.380 e. The zero-order chi connectivity index (χ0) is 15.3. The summed E-state index contributed by atoms with van der Waals surface area (Å²) in [6.07, 6.45) is 0.746. The molecule has 1 aliphatic heterocycles. The minimum atomic E-state index is -3.40. The second-order valence-corrected chi connectivity index (χ2v) is 7.49. The number of hydrogen-bond donors (Lipinski definition) is 1. The SMILES string of the molecule is CC(C)NCc1ccc(S(=O)(=O)N2CCCOCC2)cc1. The van der Waals surface area contributed by atoms with E-state index in [9.17, 15) is 8.42 Å². The lowest BCUT2D eigenvalue weighted by Gasteiger charge is -2.19. The van der Waals surface area contributed by atoms with Crippen LogP contribution in [-0.2, 0) is 21.3 Å². The minimum absolute atomic E-state index is 0.359. The van der Waals surface area contributed by atoms with Crippen LogP contribution in [0.1, 0.15) is 25.8 Å². The van der Waals surface area contributed by atoms with E-state index in [2.05, 4.69) is 19.2 Å². The highest BCUT2D eigenvalue weighted by Crippen LogP contribution is 2.18. The molecule has 21 heavy (non-hydrogen) atoms. The van der Waals surface area contributed by atoms with Gasteiger partial charge in [-0.25, -0.2) is 8.42 Å². The van der Waals surface area contributed by atoms with Crippen molar-refractivity contribution in [3.8, 4) is 0 Å². The van der Waals surface area contributed by atoms with Crippen LogP contribution in [0, 0.1) is 0 Å². The van der Waals surface area contributed by atoms with Gasteiger partial charge < -0.3 is 10.1 Å². The van der Waals surface area contributed by atoms with Crippen LogP contribution in [0.3, 0.4) is 0 Å². The Hall–Kier alpha value is -0.950. The quantitative estimate of drug-likeness (QED) is 0.897. The van der Waals surface area contributed by atoms with Crippen molar-refractivity contribution in [3.63, 3.8) is 0 Å². The summed E-state index contributed by atoms with van der Waals surface area (Å²) < 4.78 is 32.0. The molecule has 1 aliphatic rings. The van der Waals surface area contributed by atoms with E-state index in [-0.39, 0.29) is 0 Å². The van der Waals surface area contributed by atoms with Gasteiger partial charge in [0.2, 0.25) is 10.0 Å². The van der Waals surface area contributed by atoms with Gasteiger partial charge in [0.1, 0.15) is 0 Å². The number of nitrogens with zero attached hydrogens (tertiary/aromatic N) is 1. The molecular weight excluding hydrogens is 288 g/mol. The van der Waals surface area contributed by atoms with Gasteiger partial charge in [0.05, 0.1) is 11.5 Å². The van der Waals surface area contributed by atoms with E-state index in [0.717, 1.165) is 18.5 Å². The average molecular weight is 312 g/mol. The lowest BCUT2D eigenvalue weighted by molar-refractivity contribution is 0.148. The molecular formula is C15H24N2O3S. The van der Waals surface area contributed by atoms with Crippen LogP contribution in [0.25, 0.3) is 0 Å². The summed E-state index contributed by atoms with van der Waals surface area (Å²) in [6, 6.07) is 7.54. The van der Waals surface area contributed by atoms with Crippen molar-refractivity contribution in [1.29, 1.82) is 0 Å². The largest absolute Gasteiger partial charge is 0.380 e. The summed E-state index contributed by atoms with van der Waals surface area (Å²) >= 11 is 0. The molecule has 0 saturated carbocycles. The molecule has 6 heteroatoms. The predicted molar refractivity (Wildman–Crippen MR) is 82.6 cm³/mol.